The Bertz CT molecular complexity index is 446. The van der Waals surface area contributed by atoms with Crippen molar-refractivity contribution in [2.45, 2.75) is 19.8 Å². The number of benzene rings is 1. The molecule has 1 aromatic carbocycles. The van der Waals surface area contributed by atoms with Crippen LogP contribution in [0.1, 0.15) is 19.2 Å². The zero-order valence-electron chi connectivity index (χ0n) is 8.85. The Labute approximate surface area is 89.6 Å². The molecule has 0 aliphatic heterocycles. The molecule has 0 spiro atoms. The second-order valence-electron chi connectivity index (χ2n) is 3.56. The van der Waals surface area contributed by atoms with Gasteiger partial charge in [0.05, 0.1) is 0 Å². The van der Waals surface area contributed by atoms with E-state index in [0.717, 1.165) is 30.0 Å². The molecule has 2 rings (SSSR count). The molecule has 3 nitrogen and oxygen atoms in total. The van der Waals surface area contributed by atoms with Gasteiger partial charge in [0.25, 0.3) is 0 Å². The van der Waals surface area contributed by atoms with E-state index in [1.807, 2.05) is 36.7 Å². The summed E-state index contributed by atoms with van der Waals surface area (Å²) >= 11 is 0. The predicted octanol–water partition coefficient (Wildman–Crippen LogP) is 2.41. The number of imidazole rings is 1. The van der Waals surface area contributed by atoms with Crippen LogP contribution in [-0.4, -0.2) is 9.55 Å². The molecule has 0 saturated heterocycles. The number of rotatable bonds is 3. The summed E-state index contributed by atoms with van der Waals surface area (Å²) in [7, 11) is 0. The summed E-state index contributed by atoms with van der Waals surface area (Å²) in [6, 6.07) is 7.85. The lowest BCUT2D eigenvalue weighted by Crippen LogP contribution is -2.00. The van der Waals surface area contributed by atoms with Crippen molar-refractivity contribution in [3.63, 3.8) is 0 Å². The highest BCUT2D eigenvalue weighted by Crippen LogP contribution is 2.14. The fourth-order valence-electron chi connectivity index (χ4n) is 1.65. The first kappa shape index (κ1) is 9.77. The van der Waals surface area contributed by atoms with Crippen LogP contribution >= 0.6 is 0 Å². The van der Waals surface area contributed by atoms with Gasteiger partial charge in [-0.2, -0.15) is 0 Å². The molecule has 0 radical (unpaired) electrons. The standard InChI is InChI=1S/C12H15N3/c1-2-4-12-14-7-8-15(12)11-6-3-5-10(13)9-11/h3,5-9H,2,4,13H2,1H3. The van der Waals surface area contributed by atoms with Gasteiger partial charge in [0, 0.05) is 30.2 Å². The van der Waals surface area contributed by atoms with Crippen molar-refractivity contribution in [1.82, 2.24) is 9.55 Å². The van der Waals surface area contributed by atoms with Crippen molar-refractivity contribution >= 4 is 5.69 Å². The fraction of sp³-hybridized carbons (Fsp3) is 0.250. The lowest BCUT2D eigenvalue weighted by atomic mass is 10.2. The van der Waals surface area contributed by atoms with Gasteiger partial charge in [-0.3, -0.25) is 0 Å². The maximum Gasteiger partial charge on any atom is 0.113 e. The Balaban J connectivity index is 2.40. The van der Waals surface area contributed by atoms with Crippen LogP contribution in [0.3, 0.4) is 0 Å². The molecule has 0 atom stereocenters. The van der Waals surface area contributed by atoms with Crippen molar-refractivity contribution in [3.8, 4) is 5.69 Å². The van der Waals surface area contributed by atoms with E-state index in [9.17, 15) is 0 Å². The van der Waals surface area contributed by atoms with Crippen molar-refractivity contribution in [2.75, 3.05) is 5.73 Å². The SMILES string of the molecule is CCCc1nccn1-c1cccc(N)c1. The molecule has 2 N–H and O–H groups in total. The molecule has 1 aromatic heterocycles. The number of aromatic nitrogens is 2. The molecule has 0 amide bonds. The second kappa shape index (κ2) is 4.17. The lowest BCUT2D eigenvalue weighted by Gasteiger charge is -2.07. The number of anilines is 1. The number of hydrogen-bond acceptors (Lipinski definition) is 2. The number of nitrogens with zero attached hydrogens (tertiary/aromatic N) is 2. The Morgan fingerprint density at radius 3 is 3.00 bits per heavy atom. The highest BCUT2D eigenvalue weighted by molar-refractivity contribution is 5.47. The number of aryl methyl sites for hydroxylation is 1. The number of nitrogen functional groups attached to an aromatic ring is 1. The molecule has 2 aromatic rings. The molecule has 0 saturated carbocycles. The van der Waals surface area contributed by atoms with E-state index in [1.54, 1.807) is 0 Å². The molecule has 1 heterocycles. The van der Waals surface area contributed by atoms with E-state index in [2.05, 4.69) is 16.5 Å². The van der Waals surface area contributed by atoms with E-state index < -0.39 is 0 Å². The molecule has 0 aliphatic carbocycles. The van der Waals surface area contributed by atoms with Gasteiger partial charge in [0.2, 0.25) is 0 Å². The van der Waals surface area contributed by atoms with Crippen LogP contribution in [0, 0.1) is 0 Å². The molecular formula is C12H15N3. The summed E-state index contributed by atoms with van der Waals surface area (Å²) < 4.78 is 2.08. The topological polar surface area (TPSA) is 43.8 Å². The highest BCUT2D eigenvalue weighted by atomic mass is 15.1. The van der Waals surface area contributed by atoms with Crippen LogP contribution in [0.25, 0.3) is 5.69 Å². The van der Waals surface area contributed by atoms with Crippen molar-refractivity contribution in [2.24, 2.45) is 0 Å². The molecule has 3 heteroatoms. The lowest BCUT2D eigenvalue weighted by molar-refractivity contribution is 0.809. The van der Waals surface area contributed by atoms with Gasteiger partial charge in [-0.1, -0.05) is 13.0 Å². The fourth-order valence-corrected chi connectivity index (χ4v) is 1.65. The smallest absolute Gasteiger partial charge is 0.113 e. The number of nitrogens with two attached hydrogens (primary N) is 1. The van der Waals surface area contributed by atoms with E-state index in [0.29, 0.717) is 0 Å². The predicted molar refractivity (Wildman–Crippen MR) is 62.0 cm³/mol. The molecule has 15 heavy (non-hydrogen) atoms. The largest absolute Gasteiger partial charge is 0.399 e. The minimum Gasteiger partial charge on any atom is -0.399 e. The average molecular weight is 201 g/mol. The Hall–Kier alpha value is -1.77. The third-order valence-corrected chi connectivity index (χ3v) is 2.34. The molecule has 0 aliphatic rings. The summed E-state index contributed by atoms with van der Waals surface area (Å²) in [5.74, 6) is 1.09. The van der Waals surface area contributed by atoms with Crippen LogP contribution in [0.5, 0.6) is 0 Å². The summed E-state index contributed by atoms with van der Waals surface area (Å²) in [4.78, 5) is 4.33. The molecule has 0 unspecified atom stereocenters. The van der Waals surface area contributed by atoms with Crippen LogP contribution < -0.4 is 5.73 Å². The molecular weight excluding hydrogens is 186 g/mol. The minimum atomic E-state index is 0.781. The quantitative estimate of drug-likeness (QED) is 0.775. The summed E-state index contributed by atoms with van der Waals surface area (Å²) in [6.45, 7) is 2.15. The summed E-state index contributed by atoms with van der Waals surface area (Å²) in [5.41, 5.74) is 7.62. The zero-order chi connectivity index (χ0) is 10.7. The first-order valence-electron chi connectivity index (χ1n) is 5.19. The summed E-state index contributed by atoms with van der Waals surface area (Å²) in [5, 5.41) is 0. The van der Waals surface area contributed by atoms with E-state index >= 15 is 0 Å². The van der Waals surface area contributed by atoms with Gasteiger partial charge in [-0.25, -0.2) is 4.98 Å². The maximum atomic E-state index is 5.75. The normalized spacial score (nSPS) is 10.5. The highest BCUT2D eigenvalue weighted by Gasteiger charge is 2.03. The van der Waals surface area contributed by atoms with Crippen LogP contribution in [0.2, 0.25) is 0 Å². The monoisotopic (exact) mass is 201 g/mol. The van der Waals surface area contributed by atoms with E-state index in [-0.39, 0.29) is 0 Å². The van der Waals surface area contributed by atoms with Gasteiger partial charge in [0.15, 0.2) is 0 Å². The minimum absolute atomic E-state index is 0.781. The summed E-state index contributed by atoms with van der Waals surface area (Å²) in [6.07, 6.45) is 5.88. The second-order valence-corrected chi connectivity index (χ2v) is 3.56. The van der Waals surface area contributed by atoms with Gasteiger partial charge in [0.1, 0.15) is 5.82 Å². The van der Waals surface area contributed by atoms with Gasteiger partial charge in [-0.05, 0) is 24.6 Å². The third-order valence-electron chi connectivity index (χ3n) is 2.34. The Kier molecular flexibility index (Phi) is 2.72. The third kappa shape index (κ3) is 2.01. The first-order valence-corrected chi connectivity index (χ1v) is 5.19. The number of hydrogen-bond donors (Lipinski definition) is 1. The molecule has 0 bridgehead atoms. The maximum absolute atomic E-state index is 5.75. The molecule has 0 fully saturated rings. The molecule has 78 valence electrons. The van der Waals surface area contributed by atoms with Crippen LogP contribution in [0.15, 0.2) is 36.7 Å². The van der Waals surface area contributed by atoms with Gasteiger partial charge in [-0.15, -0.1) is 0 Å². The van der Waals surface area contributed by atoms with Crippen LogP contribution in [0.4, 0.5) is 5.69 Å². The Morgan fingerprint density at radius 2 is 2.27 bits per heavy atom. The van der Waals surface area contributed by atoms with Crippen molar-refractivity contribution in [3.05, 3.63) is 42.5 Å². The average Bonchev–Trinajstić information content (AvgIpc) is 2.66. The Morgan fingerprint density at radius 1 is 1.40 bits per heavy atom. The van der Waals surface area contributed by atoms with Crippen molar-refractivity contribution in [1.29, 1.82) is 0 Å². The first-order chi connectivity index (χ1) is 7.31. The van der Waals surface area contributed by atoms with Gasteiger partial charge < -0.3 is 10.3 Å². The van der Waals surface area contributed by atoms with Crippen LogP contribution in [-0.2, 0) is 6.42 Å². The van der Waals surface area contributed by atoms with Gasteiger partial charge >= 0.3 is 0 Å². The zero-order valence-corrected chi connectivity index (χ0v) is 8.85. The van der Waals surface area contributed by atoms with Crippen molar-refractivity contribution < 1.29 is 0 Å². The van der Waals surface area contributed by atoms with E-state index in [4.69, 9.17) is 5.73 Å². The van der Waals surface area contributed by atoms with E-state index in [1.165, 1.54) is 0 Å².